The minimum atomic E-state index is 0.389. The standard InChI is InChI=1S/C14H14N4O/c1-3-11-13(16-6-1)18(10-5-7-15-9-10)14(17-11)12-4-2-8-19-12/h1-4,6,8,10,15H,5,7,9H2/t10-/m0/s1. The zero-order valence-corrected chi connectivity index (χ0v) is 10.4. The molecule has 1 N–H and O–H groups in total. The number of nitrogens with one attached hydrogen (secondary N) is 1. The van der Waals surface area contributed by atoms with Crippen LogP contribution in [0.4, 0.5) is 0 Å². The first-order chi connectivity index (χ1) is 9.43. The third-order valence-electron chi connectivity index (χ3n) is 3.59. The van der Waals surface area contributed by atoms with E-state index in [2.05, 4.69) is 19.9 Å². The summed E-state index contributed by atoms with van der Waals surface area (Å²) in [5.41, 5.74) is 1.85. The van der Waals surface area contributed by atoms with Gasteiger partial charge in [0.15, 0.2) is 17.2 Å². The molecule has 1 atom stereocenters. The zero-order chi connectivity index (χ0) is 12.7. The summed E-state index contributed by atoms with van der Waals surface area (Å²) in [4.78, 5) is 9.17. The van der Waals surface area contributed by atoms with Gasteiger partial charge in [0.1, 0.15) is 5.52 Å². The van der Waals surface area contributed by atoms with E-state index in [-0.39, 0.29) is 0 Å². The van der Waals surface area contributed by atoms with Gasteiger partial charge in [-0.1, -0.05) is 0 Å². The monoisotopic (exact) mass is 254 g/mol. The van der Waals surface area contributed by atoms with Gasteiger partial charge in [-0.2, -0.15) is 0 Å². The molecule has 0 aromatic carbocycles. The van der Waals surface area contributed by atoms with Crippen LogP contribution in [0.5, 0.6) is 0 Å². The van der Waals surface area contributed by atoms with Crippen molar-refractivity contribution in [2.24, 2.45) is 0 Å². The van der Waals surface area contributed by atoms with Gasteiger partial charge in [-0.25, -0.2) is 9.97 Å². The van der Waals surface area contributed by atoms with Gasteiger partial charge < -0.3 is 14.3 Å². The number of rotatable bonds is 2. The first-order valence-corrected chi connectivity index (χ1v) is 6.51. The molecule has 3 aromatic heterocycles. The van der Waals surface area contributed by atoms with Crippen LogP contribution in [0.2, 0.25) is 0 Å². The van der Waals surface area contributed by atoms with Gasteiger partial charge in [0.05, 0.1) is 12.3 Å². The molecule has 19 heavy (non-hydrogen) atoms. The smallest absolute Gasteiger partial charge is 0.178 e. The molecule has 0 radical (unpaired) electrons. The normalized spacial score (nSPS) is 19.3. The molecule has 1 aliphatic rings. The summed E-state index contributed by atoms with van der Waals surface area (Å²) in [6.45, 7) is 1.99. The van der Waals surface area contributed by atoms with Gasteiger partial charge >= 0.3 is 0 Å². The number of hydrogen-bond acceptors (Lipinski definition) is 4. The van der Waals surface area contributed by atoms with E-state index in [9.17, 15) is 0 Å². The lowest BCUT2D eigenvalue weighted by atomic mass is 10.2. The van der Waals surface area contributed by atoms with Gasteiger partial charge in [-0.15, -0.1) is 0 Å². The van der Waals surface area contributed by atoms with Gasteiger partial charge in [0.25, 0.3) is 0 Å². The van der Waals surface area contributed by atoms with Crippen molar-refractivity contribution in [2.45, 2.75) is 12.5 Å². The second-order valence-electron chi connectivity index (χ2n) is 4.78. The molecule has 0 saturated carbocycles. The Labute approximate surface area is 110 Å². The summed E-state index contributed by atoms with van der Waals surface area (Å²) in [5, 5.41) is 3.39. The molecule has 4 heterocycles. The Hall–Kier alpha value is -2.14. The van der Waals surface area contributed by atoms with Crippen LogP contribution >= 0.6 is 0 Å². The van der Waals surface area contributed by atoms with E-state index in [1.807, 2.05) is 30.5 Å². The highest BCUT2D eigenvalue weighted by molar-refractivity contribution is 5.76. The molecular formula is C14H14N4O. The minimum absolute atomic E-state index is 0.389. The van der Waals surface area contributed by atoms with Crippen LogP contribution in [-0.2, 0) is 0 Å². The molecule has 1 aliphatic heterocycles. The average molecular weight is 254 g/mol. The fourth-order valence-corrected chi connectivity index (χ4v) is 2.71. The number of furan rings is 1. The highest BCUT2D eigenvalue weighted by Crippen LogP contribution is 2.29. The lowest BCUT2D eigenvalue weighted by molar-refractivity contribution is 0.535. The van der Waals surface area contributed by atoms with Crippen LogP contribution in [0, 0.1) is 0 Å². The molecular weight excluding hydrogens is 240 g/mol. The molecule has 1 fully saturated rings. The molecule has 4 rings (SSSR count). The lowest BCUT2D eigenvalue weighted by Gasteiger charge is -2.13. The van der Waals surface area contributed by atoms with Gasteiger partial charge in [-0.3, -0.25) is 0 Å². The number of imidazole rings is 1. The first-order valence-electron chi connectivity index (χ1n) is 6.51. The number of pyridine rings is 1. The van der Waals surface area contributed by atoms with E-state index in [0.717, 1.165) is 42.3 Å². The maximum atomic E-state index is 5.52. The van der Waals surface area contributed by atoms with Crippen LogP contribution in [0.1, 0.15) is 12.5 Å². The highest BCUT2D eigenvalue weighted by atomic mass is 16.3. The predicted molar refractivity (Wildman–Crippen MR) is 71.8 cm³/mol. The van der Waals surface area contributed by atoms with Crippen molar-refractivity contribution in [1.82, 2.24) is 19.9 Å². The van der Waals surface area contributed by atoms with Gasteiger partial charge in [0, 0.05) is 12.7 Å². The van der Waals surface area contributed by atoms with E-state index in [1.54, 1.807) is 6.26 Å². The fraction of sp³-hybridized carbons (Fsp3) is 0.286. The number of hydrogen-bond donors (Lipinski definition) is 1. The van der Waals surface area contributed by atoms with E-state index in [0.29, 0.717) is 6.04 Å². The summed E-state index contributed by atoms with van der Waals surface area (Å²) < 4.78 is 7.72. The van der Waals surface area contributed by atoms with Crippen LogP contribution < -0.4 is 5.32 Å². The Morgan fingerprint density at radius 3 is 3.11 bits per heavy atom. The van der Waals surface area contributed by atoms with E-state index in [4.69, 9.17) is 4.42 Å². The number of aromatic nitrogens is 3. The van der Waals surface area contributed by atoms with Crippen LogP contribution in [0.15, 0.2) is 41.1 Å². The Morgan fingerprint density at radius 1 is 1.32 bits per heavy atom. The second-order valence-corrected chi connectivity index (χ2v) is 4.78. The van der Waals surface area contributed by atoms with Crippen molar-refractivity contribution in [3.8, 4) is 11.6 Å². The summed E-state index contributed by atoms with van der Waals surface area (Å²) in [6.07, 6.45) is 4.59. The summed E-state index contributed by atoms with van der Waals surface area (Å²) in [6, 6.07) is 8.13. The van der Waals surface area contributed by atoms with Crippen molar-refractivity contribution < 1.29 is 4.42 Å². The average Bonchev–Trinajstić information content (AvgIpc) is 3.17. The molecule has 0 amide bonds. The summed E-state index contributed by atoms with van der Waals surface area (Å²) >= 11 is 0. The SMILES string of the molecule is c1coc(-c2nc3cccnc3n2[C@H]2CCNC2)c1. The van der Waals surface area contributed by atoms with Crippen molar-refractivity contribution in [2.75, 3.05) is 13.1 Å². The Balaban J connectivity index is 1.98. The molecule has 1 saturated heterocycles. The Morgan fingerprint density at radius 2 is 2.32 bits per heavy atom. The summed E-state index contributed by atoms with van der Waals surface area (Å²) in [7, 11) is 0. The first kappa shape index (κ1) is 10.8. The third-order valence-corrected chi connectivity index (χ3v) is 3.59. The third kappa shape index (κ3) is 1.66. The molecule has 96 valence electrons. The van der Waals surface area contributed by atoms with Crippen molar-refractivity contribution in [3.63, 3.8) is 0 Å². The highest BCUT2D eigenvalue weighted by Gasteiger charge is 2.24. The molecule has 0 spiro atoms. The van der Waals surface area contributed by atoms with Crippen LogP contribution in [0.3, 0.4) is 0 Å². The maximum Gasteiger partial charge on any atom is 0.178 e. The van der Waals surface area contributed by atoms with E-state index < -0.39 is 0 Å². The maximum absolute atomic E-state index is 5.52. The summed E-state index contributed by atoms with van der Waals surface area (Å²) in [5.74, 6) is 1.66. The van der Waals surface area contributed by atoms with Crippen LogP contribution in [0.25, 0.3) is 22.7 Å². The minimum Gasteiger partial charge on any atom is -0.461 e. The largest absolute Gasteiger partial charge is 0.461 e. The number of fused-ring (bicyclic) bond motifs is 1. The van der Waals surface area contributed by atoms with E-state index in [1.165, 1.54) is 0 Å². The molecule has 5 heteroatoms. The number of nitrogens with zero attached hydrogens (tertiary/aromatic N) is 3. The van der Waals surface area contributed by atoms with Gasteiger partial charge in [0.2, 0.25) is 0 Å². The van der Waals surface area contributed by atoms with Gasteiger partial charge in [-0.05, 0) is 37.2 Å². The second kappa shape index (κ2) is 4.20. The topological polar surface area (TPSA) is 55.9 Å². The molecule has 0 aliphatic carbocycles. The molecule has 0 unspecified atom stereocenters. The molecule has 3 aromatic rings. The Kier molecular flexibility index (Phi) is 2.38. The molecule has 0 bridgehead atoms. The van der Waals surface area contributed by atoms with Crippen molar-refractivity contribution >= 4 is 11.2 Å². The predicted octanol–water partition coefficient (Wildman–Crippen LogP) is 2.23. The van der Waals surface area contributed by atoms with E-state index >= 15 is 0 Å². The van der Waals surface area contributed by atoms with Crippen LogP contribution in [-0.4, -0.2) is 27.6 Å². The fourth-order valence-electron chi connectivity index (χ4n) is 2.71. The van der Waals surface area contributed by atoms with Crippen molar-refractivity contribution in [1.29, 1.82) is 0 Å². The zero-order valence-electron chi connectivity index (χ0n) is 10.4. The quantitative estimate of drug-likeness (QED) is 0.762. The van der Waals surface area contributed by atoms with Crippen molar-refractivity contribution in [3.05, 3.63) is 36.7 Å². The Bertz CT molecular complexity index is 695. The molecule has 5 nitrogen and oxygen atoms in total. The lowest BCUT2D eigenvalue weighted by Crippen LogP contribution is -2.14.